The topological polar surface area (TPSA) is 25.2 Å². The molecule has 1 unspecified atom stereocenters. The van der Waals surface area contributed by atoms with Crippen LogP contribution in [0.5, 0.6) is 0 Å². The predicted octanol–water partition coefficient (Wildman–Crippen LogP) is 5.15. The number of hydrogen-bond donors (Lipinski definition) is 1. The summed E-state index contributed by atoms with van der Waals surface area (Å²) in [6.07, 6.45) is 5.64. The van der Waals surface area contributed by atoms with E-state index in [4.69, 9.17) is 4.42 Å². The maximum Gasteiger partial charge on any atom is 0.0935 e. The summed E-state index contributed by atoms with van der Waals surface area (Å²) < 4.78 is 7.41. The summed E-state index contributed by atoms with van der Waals surface area (Å²) >= 11 is 8.87. The second-order valence-electron chi connectivity index (χ2n) is 4.11. The zero-order chi connectivity index (χ0) is 13.0. The van der Waals surface area contributed by atoms with Crippen molar-refractivity contribution >= 4 is 43.2 Å². The van der Waals surface area contributed by atoms with Crippen LogP contribution in [0.1, 0.15) is 29.8 Å². The third kappa shape index (κ3) is 3.70. The maximum absolute atomic E-state index is 5.14. The molecule has 0 saturated carbocycles. The van der Waals surface area contributed by atoms with Crippen LogP contribution in [0.2, 0.25) is 0 Å². The van der Waals surface area contributed by atoms with E-state index in [9.17, 15) is 0 Å². The van der Waals surface area contributed by atoms with Gasteiger partial charge in [0, 0.05) is 15.4 Å². The van der Waals surface area contributed by atoms with Gasteiger partial charge >= 0.3 is 0 Å². The molecule has 1 N–H and O–H groups in total. The number of hydrogen-bond acceptors (Lipinski definition) is 3. The number of thiophene rings is 1. The zero-order valence-corrected chi connectivity index (χ0v) is 14.1. The van der Waals surface area contributed by atoms with Gasteiger partial charge in [0.25, 0.3) is 0 Å². The minimum atomic E-state index is 0.343. The van der Waals surface area contributed by atoms with E-state index >= 15 is 0 Å². The van der Waals surface area contributed by atoms with E-state index in [1.54, 1.807) is 17.6 Å². The number of furan rings is 1. The van der Waals surface area contributed by atoms with Crippen molar-refractivity contribution in [2.24, 2.45) is 0 Å². The van der Waals surface area contributed by atoms with Crippen molar-refractivity contribution in [2.45, 2.75) is 25.8 Å². The zero-order valence-electron chi connectivity index (χ0n) is 10.1. The molecule has 0 aromatic carbocycles. The fraction of sp³-hybridized carbons (Fsp3) is 0.385. The van der Waals surface area contributed by atoms with Gasteiger partial charge in [-0.1, -0.05) is 6.92 Å². The molecule has 0 aliphatic rings. The summed E-state index contributed by atoms with van der Waals surface area (Å²) in [4.78, 5) is 1.34. The summed E-state index contributed by atoms with van der Waals surface area (Å²) in [6.45, 7) is 3.21. The summed E-state index contributed by atoms with van der Waals surface area (Å²) in [5, 5.41) is 3.59. The Morgan fingerprint density at radius 1 is 1.44 bits per heavy atom. The van der Waals surface area contributed by atoms with E-state index in [1.165, 1.54) is 10.4 Å². The molecule has 18 heavy (non-hydrogen) atoms. The Bertz CT molecular complexity index is 462. The van der Waals surface area contributed by atoms with Crippen LogP contribution in [-0.4, -0.2) is 6.54 Å². The lowest BCUT2D eigenvalue weighted by atomic mass is 10.1. The maximum atomic E-state index is 5.14. The van der Waals surface area contributed by atoms with Gasteiger partial charge in [0.15, 0.2) is 0 Å². The van der Waals surface area contributed by atoms with Gasteiger partial charge in [0.1, 0.15) is 0 Å². The van der Waals surface area contributed by atoms with E-state index in [0.717, 1.165) is 27.6 Å². The Balaban J connectivity index is 2.13. The van der Waals surface area contributed by atoms with Gasteiger partial charge in [-0.3, -0.25) is 0 Å². The molecule has 98 valence electrons. The van der Waals surface area contributed by atoms with Crippen LogP contribution in [-0.2, 0) is 6.42 Å². The quantitative estimate of drug-likeness (QED) is 0.735. The van der Waals surface area contributed by atoms with Crippen molar-refractivity contribution in [3.63, 3.8) is 0 Å². The Hall–Kier alpha value is -0.1000. The number of rotatable bonds is 6. The first-order valence-corrected chi connectivity index (χ1v) is 8.30. The Kier molecular flexibility index (Phi) is 5.48. The lowest BCUT2D eigenvalue weighted by Gasteiger charge is -2.16. The second-order valence-corrected chi connectivity index (χ2v) is 7.37. The van der Waals surface area contributed by atoms with Crippen molar-refractivity contribution in [1.82, 2.24) is 5.32 Å². The minimum Gasteiger partial charge on any atom is -0.472 e. The predicted molar refractivity (Wildman–Crippen MR) is 83.2 cm³/mol. The summed E-state index contributed by atoms with van der Waals surface area (Å²) in [7, 11) is 0. The van der Waals surface area contributed by atoms with Crippen molar-refractivity contribution in [1.29, 1.82) is 0 Å². The molecule has 2 heterocycles. The molecule has 1 atom stereocenters. The molecule has 5 heteroatoms. The number of halogens is 2. The molecule has 0 saturated heterocycles. The highest BCUT2D eigenvalue weighted by atomic mass is 79.9. The first-order chi connectivity index (χ1) is 8.70. The SMILES string of the molecule is CCCNC(Cc1ccoc1)c1cc(Br)c(Br)s1. The van der Waals surface area contributed by atoms with Gasteiger partial charge in [-0.15, -0.1) is 11.3 Å². The van der Waals surface area contributed by atoms with E-state index in [1.807, 2.05) is 12.3 Å². The van der Waals surface area contributed by atoms with Crippen LogP contribution < -0.4 is 5.32 Å². The normalized spacial score (nSPS) is 12.8. The largest absolute Gasteiger partial charge is 0.472 e. The van der Waals surface area contributed by atoms with Crippen LogP contribution in [0.3, 0.4) is 0 Å². The molecular formula is C13H15Br2NOS. The third-order valence-corrected chi connectivity index (χ3v) is 6.04. The molecule has 2 nitrogen and oxygen atoms in total. The van der Waals surface area contributed by atoms with Gasteiger partial charge < -0.3 is 9.73 Å². The van der Waals surface area contributed by atoms with Crippen LogP contribution in [0.25, 0.3) is 0 Å². The highest BCUT2D eigenvalue weighted by Gasteiger charge is 2.16. The van der Waals surface area contributed by atoms with Crippen molar-refractivity contribution in [3.05, 3.63) is 43.4 Å². The first-order valence-electron chi connectivity index (χ1n) is 5.90. The van der Waals surface area contributed by atoms with Crippen LogP contribution in [0, 0.1) is 0 Å². The first kappa shape index (κ1) is 14.3. The number of nitrogens with one attached hydrogen (secondary N) is 1. The van der Waals surface area contributed by atoms with Crippen molar-refractivity contribution in [3.8, 4) is 0 Å². The molecule has 0 bridgehead atoms. The molecule has 2 aromatic rings. The fourth-order valence-electron chi connectivity index (χ4n) is 1.77. The molecule has 2 rings (SSSR count). The van der Waals surface area contributed by atoms with Crippen molar-refractivity contribution in [2.75, 3.05) is 6.54 Å². The standard InChI is InChI=1S/C13H15Br2NOS/c1-2-4-16-11(6-9-3-5-17-8-9)12-7-10(14)13(15)18-12/h3,5,7-8,11,16H,2,4,6H2,1H3. The molecule has 0 spiro atoms. The van der Waals surface area contributed by atoms with Crippen LogP contribution in [0.4, 0.5) is 0 Å². The van der Waals surface area contributed by atoms with E-state index < -0.39 is 0 Å². The Morgan fingerprint density at radius 3 is 2.83 bits per heavy atom. The lowest BCUT2D eigenvalue weighted by molar-refractivity contribution is 0.526. The monoisotopic (exact) mass is 391 g/mol. The van der Waals surface area contributed by atoms with E-state index in [2.05, 4.69) is 50.2 Å². The Labute approximate surface area is 128 Å². The average molecular weight is 393 g/mol. The molecule has 0 radical (unpaired) electrons. The average Bonchev–Trinajstić information content (AvgIpc) is 2.96. The van der Waals surface area contributed by atoms with E-state index in [0.29, 0.717) is 6.04 Å². The van der Waals surface area contributed by atoms with Gasteiger partial charge in [-0.2, -0.15) is 0 Å². The molecule has 0 amide bonds. The third-order valence-electron chi connectivity index (χ3n) is 2.67. The minimum absolute atomic E-state index is 0.343. The molecule has 0 aliphatic carbocycles. The summed E-state index contributed by atoms with van der Waals surface area (Å²) in [5.41, 5.74) is 1.23. The summed E-state index contributed by atoms with van der Waals surface area (Å²) in [5.74, 6) is 0. The Morgan fingerprint density at radius 2 is 2.28 bits per heavy atom. The van der Waals surface area contributed by atoms with Crippen molar-refractivity contribution < 1.29 is 4.42 Å². The van der Waals surface area contributed by atoms with Gasteiger partial charge in [0.2, 0.25) is 0 Å². The van der Waals surface area contributed by atoms with Gasteiger partial charge in [0.05, 0.1) is 16.3 Å². The highest BCUT2D eigenvalue weighted by molar-refractivity contribution is 9.13. The van der Waals surface area contributed by atoms with Crippen LogP contribution in [0.15, 0.2) is 37.3 Å². The molecule has 2 aromatic heterocycles. The molecular weight excluding hydrogens is 378 g/mol. The highest BCUT2D eigenvalue weighted by Crippen LogP contribution is 2.36. The fourth-order valence-corrected chi connectivity index (χ4v) is 3.94. The molecule has 0 fully saturated rings. The second kappa shape index (κ2) is 6.89. The summed E-state index contributed by atoms with van der Waals surface area (Å²) in [6, 6.07) is 4.55. The van der Waals surface area contributed by atoms with E-state index in [-0.39, 0.29) is 0 Å². The lowest BCUT2D eigenvalue weighted by Crippen LogP contribution is -2.23. The van der Waals surface area contributed by atoms with Gasteiger partial charge in [-0.05, 0) is 68.9 Å². The van der Waals surface area contributed by atoms with Crippen LogP contribution >= 0.6 is 43.2 Å². The van der Waals surface area contributed by atoms with Gasteiger partial charge in [-0.25, -0.2) is 0 Å². The smallest absolute Gasteiger partial charge is 0.0935 e. The molecule has 0 aliphatic heterocycles.